The number of allylic oxidation sites excluding steroid dienone is 3. The van der Waals surface area contributed by atoms with E-state index in [9.17, 15) is 5.26 Å². The zero-order valence-corrected chi connectivity index (χ0v) is 10.8. The molecule has 3 rings (SSSR count). The van der Waals surface area contributed by atoms with Crippen molar-refractivity contribution in [2.75, 3.05) is 5.32 Å². The van der Waals surface area contributed by atoms with Crippen LogP contribution >= 0.6 is 0 Å². The Labute approximate surface area is 111 Å². The van der Waals surface area contributed by atoms with Crippen LogP contribution < -0.4 is 11.1 Å². The van der Waals surface area contributed by atoms with E-state index in [-0.39, 0.29) is 5.92 Å². The smallest absolute Gasteiger partial charge is 0.223 e. The van der Waals surface area contributed by atoms with Gasteiger partial charge in [0.1, 0.15) is 11.5 Å². The van der Waals surface area contributed by atoms with Gasteiger partial charge in [0.25, 0.3) is 0 Å². The number of hydrogen-bond acceptors (Lipinski definition) is 5. The van der Waals surface area contributed by atoms with Gasteiger partial charge in [-0.25, -0.2) is 4.98 Å². The molecule has 2 atom stereocenters. The van der Waals surface area contributed by atoms with Crippen LogP contribution in [0.4, 0.5) is 5.88 Å². The Hall–Kier alpha value is -2.22. The van der Waals surface area contributed by atoms with Gasteiger partial charge in [0.2, 0.25) is 5.88 Å². The molecular formula is C14H16N4O. The molecule has 3 N–H and O–H groups in total. The number of anilines is 1. The number of aromatic nitrogens is 1. The third kappa shape index (κ3) is 1.89. The fourth-order valence-electron chi connectivity index (χ4n) is 2.95. The molecule has 1 aliphatic carbocycles. The Bertz CT molecular complexity index is 605. The average Bonchev–Trinajstić information content (AvgIpc) is 2.77. The summed E-state index contributed by atoms with van der Waals surface area (Å²) in [6.45, 7) is 1.81. The van der Waals surface area contributed by atoms with Gasteiger partial charge in [-0.2, -0.15) is 5.26 Å². The predicted molar refractivity (Wildman–Crippen MR) is 70.9 cm³/mol. The van der Waals surface area contributed by atoms with Crippen molar-refractivity contribution in [3.8, 4) is 6.07 Å². The van der Waals surface area contributed by atoms with Crippen LogP contribution in [0.25, 0.3) is 0 Å². The van der Waals surface area contributed by atoms with Crippen LogP contribution in [0.5, 0.6) is 0 Å². The number of nitrogens with zero attached hydrogens (tertiary/aromatic N) is 2. The lowest BCUT2D eigenvalue weighted by Crippen LogP contribution is -2.27. The monoisotopic (exact) mass is 256 g/mol. The van der Waals surface area contributed by atoms with Crippen LogP contribution in [0.3, 0.4) is 0 Å². The molecule has 0 fully saturated rings. The first-order chi connectivity index (χ1) is 9.20. The minimum Gasteiger partial charge on any atom is -0.425 e. The highest BCUT2D eigenvalue weighted by Crippen LogP contribution is 2.44. The van der Waals surface area contributed by atoms with E-state index in [2.05, 4.69) is 28.5 Å². The Balaban J connectivity index is 2.07. The topological polar surface area (TPSA) is 87.9 Å². The van der Waals surface area contributed by atoms with Crippen LogP contribution in [0.15, 0.2) is 28.0 Å². The van der Waals surface area contributed by atoms with Crippen molar-refractivity contribution in [2.24, 2.45) is 11.7 Å². The molecule has 0 bridgehead atoms. The van der Waals surface area contributed by atoms with E-state index in [0.717, 1.165) is 25.0 Å². The highest BCUT2D eigenvalue weighted by atomic mass is 16.4. The van der Waals surface area contributed by atoms with Crippen LogP contribution in [-0.2, 0) is 0 Å². The lowest BCUT2D eigenvalue weighted by Gasteiger charge is -2.30. The third-order valence-electron chi connectivity index (χ3n) is 3.81. The Morgan fingerprint density at radius 3 is 3.05 bits per heavy atom. The summed E-state index contributed by atoms with van der Waals surface area (Å²) < 4.78 is 5.53. The van der Waals surface area contributed by atoms with E-state index in [1.54, 1.807) is 6.92 Å². The zero-order chi connectivity index (χ0) is 13.4. The molecule has 98 valence electrons. The van der Waals surface area contributed by atoms with E-state index < -0.39 is 0 Å². The number of rotatable bonds is 1. The second kappa shape index (κ2) is 4.47. The number of oxazole rings is 1. The SMILES string of the molecule is Cc1nc2c(o1)NC(N)=C(C#N)C2C1CC=CCC1. The normalized spacial score (nSPS) is 25.7. The van der Waals surface area contributed by atoms with E-state index in [1.165, 1.54) is 0 Å². The first kappa shape index (κ1) is 11.8. The molecule has 2 unspecified atom stereocenters. The number of nitriles is 1. The summed E-state index contributed by atoms with van der Waals surface area (Å²) in [4.78, 5) is 4.45. The summed E-state index contributed by atoms with van der Waals surface area (Å²) >= 11 is 0. The Kier molecular flexibility index (Phi) is 2.79. The van der Waals surface area contributed by atoms with Gasteiger partial charge in [-0.05, 0) is 25.2 Å². The first-order valence-electron chi connectivity index (χ1n) is 6.49. The van der Waals surface area contributed by atoms with E-state index >= 15 is 0 Å². The van der Waals surface area contributed by atoms with Crippen LogP contribution in [0.2, 0.25) is 0 Å². The number of nitrogens with two attached hydrogens (primary N) is 1. The average molecular weight is 256 g/mol. The van der Waals surface area contributed by atoms with Gasteiger partial charge in [-0.1, -0.05) is 12.2 Å². The first-order valence-corrected chi connectivity index (χ1v) is 6.49. The van der Waals surface area contributed by atoms with Gasteiger partial charge in [-0.3, -0.25) is 0 Å². The maximum Gasteiger partial charge on any atom is 0.223 e. The van der Waals surface area contributed by atoms with Crippen molar-refractivity contribution in [1.29, 1.82) is 5.26 Å². The lowest BCUT2D eigenvalue weighted by atomic mass is 9.76. The van der Waals surface area contributed by atoms with Crippen LogP contribution in [-0.4, -0.2) is 4.98 Å². The highest BCUT2D eigenvalue weighted by molar-refractivity contribution is 5.57. The van der Waals surface area contributed by atoms with Crippen molar-refractivity contribution >= 4 is 5.88 Å². The molecule has 1 aromatic rings. The van der Waals surface area contributed by atoms with Crippen molar-refractivity contribution in [1.82, 2.24) is 4.98 Å². The van der Waals surface area contributed by atoms with E-state index in [4.69, 9.17) is 10.2 Å². The molecule has 0 saturated carbocycles. The zero-order valence-electron chi connectivity index (χ0n) is 10.8. The highest BCUT2D eigenvalue weighted by Gasteiger charge is 2.37. The van der Waals surface area contributed by atoms with Gasteiger partial charge in [0, 0.05) is 12.8 Å². The molecule has 19 heavy (non-hydrogen) atoms. The predicted octanol–water partition coefficient (Wildman–Crippen LogP) is 2.54. The summed E-state index contributed by atoms with van der Waals surface area (Å²) in [5, 5.41) is 12.3. The maximum absolute atomic E-state index is 9.39. The third-order valence-corrected chi connectivity index (χ3v) is 3.81. The minimum absolute atomic E-state index is 0.0522. The molecule has 1 aromatic heterocycles. The molecule has 1 aliphatic heterocycles. The Morgan fingerprint density at radius 2 is 2.37 bits per heavy atom. The molecule has 5 heteroatoms. The van der Waals surface area contributed by atoms with Crippen LogP contribution in [0.1, 0.15) is 36.8 Å². The molecular weight excluding hydrogens is 240 g/mol. The van der Waals surface area contributed by atoms with Crippen molar-refractivity contribution in [3.63, 3.8) is 0 Å². The van der Waals surface area contributed by atoms with Gasteiger partial charge >= 0.3 is 0 Å². The largest absolute Gasteiger partial charge is 0.425 e. The molecule has 0 aromatic carbocycles. The molecule has 0 amide bonds. The lowest BCUT2D eigenvalue weighted by molar-refractivity contribution is 0.418. The Morgan fingerprint density at radius 1 is 1.53 bits per heavy atom. The molecule has 0 saturated heterocycles. The second-order valence-corrected chi connectivity index (χ2v) is 5.03. The van der Waals surface area contributed by atoms with Gasteiger partial charge in [0.15, 0.2) is 5.89 Å². The maximum atomic E-state index is 9.39. The van der Waals surface area contributed by atoms with Gasteiger partial charge < -0.3 is 15.5 Å². The summed E-state index contributed by atoms with van der Waals surface area (Å²) in [5.41, 5.74) is 7.36. The summed E-state index contributed by atoms with van der Waals surface area (Å²) in [5.74, 6) is 1.90. The summed E-state index contributed by atoms with van der Waals surface area (Å²) in [7, 11) is 0. The molecule has 2 aliphatic rings. The minimum atomic E-state index is -0.0522. The van der Waals surface area contributed by atoms with E-state index in [1.807, 2.05) is 0 Å². The quantitative estimate of drug-likeness (QED) is 0.754. The molecule has 5 nitrogen and oxygen atoms in total. The summed E-state index contributed by atoms with van der Waals surface area (Å²) in [6, 6.07) is 2.24. The molecule has 2 heterocycles. The van der Waals surface area contributed by atoms with Crippen molar-refractivity contribution < 1.29 is 4.42 Å². The number of nitrogens with one attached hydrogen (secondary N) is 1. The number of hydrogen-bond donors (Lipinski definition) is 2. The van der Waals surface area contributed by atoms with Gasteiger partial charge in [-0.15, -0.1) is 0 Å². The molecule has 0 radical (unpaired) electrons. The fourth-order valence-corrected chi connectivity index (χ4v) is 2.95. The number of aryl methyl sites for hydroxylation is 1. The number of fused-ring (bicyclic) bond motifs is 1. The molecule has 0 spiro atoms. The fraction of sp³-hybridized carbons (Fsp3) is 0.429. The summed E-state index contributed by atoms with van der Waals surface area (Å²) in [6.07, 6.45) is 7.40. The van der Waals surface area contributed by atoms with E-state index in [0.29, 0.717) is 29.1 Å². The second-order valence-electron chi connectivity index (χ2n) is 5.03. The standard InChI is InChI=1S/C14H16N4O/c1-8-17-12-11(9-5-3-2-4-6-9)10(7-15)13(16)18-14(12)19-8/h2-3,9,11,18H,4-6,16H2,1H3. The van der Waals surface area contributed by atoms with Crippen molar-refractivity contribution in [2.45, 2.75) is 32.1 Å². The van der Waals surface area contributed by atoms with Crippen molar-refractivity contribution in [3.05, 3.63) is 35.1 Å². The van der Waals surface area contributed by atoms with Gasteiger partial charge in [0.05, 0.1) is 11.6 Å². The van der Waals surface area contributed by atoms with Crippen LogP contribution in [0, 0.1) is 24.2 Å².